The standard InChI is InChI=1S/C24H22N2O6/c1-28-18-6-5-13(24(25)27)9-16(18)15-7-8-26-17-12-19(32-22(15)17)14-10-20(29-2)23(31-4)21(11-14)30-3/h5-12H,1-4H3,(H2,25,27). The molecule has 0 saturated heterocycles. The minimum Gasteiger partial charge on any atom is -0.496 e. The Hall–Kier alpha value is -4.20. The van der Waals surface area contributed by atoms with E-state index in [2.05, 4.69) is 4.98 Å². The largest absolute Gasteiger partial charge is 0.496 e. The van der Waals surface area contributed by atoms with Crippen LogP contribution >= 0.6 is 0 Å². The van der Waals surface area contributed by atoms with Crippen LogP contribution in [0.5, 0.6) is 23.0 Å². The molecule has 0 fully saturated rings. The summed E-state index contributed by atoms with van der Waals surface area (Å²) in [6.07, 6.45) is 1.67. The van der Waals surface area contributed by atoms with Crippen LogP contribution in [0.15, 0.2) is 53.1 Å². The first-order valence-electron chi connectivity index (χ1n) is 9.67. The predicted molar refractivity (Wildman–Crippen MR) is 120 cm³/mol. The van der Waals surface area contributed by atoms with E-state index in [4.69, 9.17) is 29.1 Å². The van der Waals surface area contributed by atoms with Crippen molar-refractivity contribution >= 4 is 17.0 Å². The molecule has 0 unspecified atom stereocenters. The number of carbonyl (C=O) groups is 1. The summed E-state index contributed by atoms with van der Waals surface area (Å²) in [6, 6.07) is 12.2. The molecule has 2 heterocycles. The van der Waals surface area contributed by atoms with Gasteiger partial charge in [0.2, 0.25) is 11.7 Å². The number of methoxy groups -OCH3 is 4. The van der Waals surface area contributed by atoms with Crippen LogP contribution in [0, 0.1) is 0 Å². The van der Waals surface area contributed by atoms with Crippen molar-refractivity contribution in [2.45, 2.75) is 0 Å². The number of pyridine rings is 1. The fourth-order valence-electron chi connectivity index (χ4n) is 3.59. The Morgan fingerprint density at radius 1 is 0.844 bits per heavy atom. The molecule has 0 saturated carbocycles. The fraction of sp³-hybridized carbons (Fsp3) is 0.167. The zero-order chi connectivity index (χ0) is 22.8. The number of nitrogens with two attached hydrogens (primary N) is 1. The third-order valence-corrected chi connectivity index (χ3v) is 5.14. The summed E-state index contributed by atoms with van der Waals surface area (Å²) in [5, 5.41) is 0. The molecule has 8 nitrogen and oxygen atoms in total. The van der Waals surface area contributed by atoms with Gasteiger partial charge in [-0.3, -0.25) is 9.78 Å². The van der Waals surface area contributed by atoms with Gasteiger partial charge >= 0.3 is 0 Å². The van der Waals surface area contributed by atoms with Gasteiger partial charge in [0.15, 0.2) is 17.1 Å². The number of fused-ring (bicyclic) bond motifs is 1. The molecule has 0 aliphatic heterocycles. The topological polar surface area (TPSA) is 106 Å². The fourth-order valence-corrected chi connectivity index (χ4v) is 3.59. The van der Waals surface area contributed by atoms with Gasteiger partial charge in [0.05, 0.1) is 28.4 Å². The number of amides is 1. The first-order chi connectivity index (χ1) is 15.5. The molecule has 0 spiro atoms. The second kappa shape index (κ2) is 8.50. The van der Waals surface area contributed by atoms with E-state index >= 15 is 0 Å². The second-order valence-electron chi connectivity index (χ2n) is 6.88. The maximum Gasteiger partial charge on any atom is 0.248 e. The van der Waals surface area contributed by atoms with Crippen molar-refractivity contribution in [1.29, 1.82) is 0 Å². The Morgan fingerprint density at radius 2 is 1.53 bits per heavy atom. The van der Waals surface area contributed by atoms with Gasteiger partial charge in [0.25, 0.3) is 0 Å². The first-order valence-corrected chi connectivity index (χ1v) is 9.67. The number of hydrogen-bond acceptors (Lipinski definition) is 7. The molecule has 0 radical (unpaired) electrons. The zero-order valence-electron chi connectivity index (χ0n) is 18.1. The highest BCUT2D eigenvalue weighted by Crippen LogP contribution is 2.43. The van der Waals surface area contributed by atoms with Crippen LogP contribution in [0.1, 0.15) is 10.4 Å². The van der Waals surface area contributed by atoms with Crippen LogP contribution in [0.4, 0.5) is 0 Å². The molecule has 0 atom stereocenters. The molecule has 2 N–H and O–H groups in total. The Labute approximate surface area is 184 Å². The molecule has 0 bridgehead atoms. The zero-order valence-corrected chi connectivity index (χ0v) is 18.1. The number of nitrogens with zero attached hydrogens (tertiary/aromatic N) is 1. The molecular formula is C24H22N2O6. The summed E-state index contributed by atoms with van der Waals surface area (Å²) in [5.74, 6) is 2.11. The van der Waals surface area contributed by atoms with Gasteiger partial charge in [-0.1, -0.05) is 0 Å². The average Bonchev–Trinajstić information content (AvgIpc) is 3.27. The Kier molecular flexibility index (Phi) is 5.59. The van der Waals surface area contributed by atoms with Crippen molar-refractivity contribution in [3.05, 3.63) is 54.2 Å². The Bertz CT molecular complexity index is 1290. The SMILES string of the molecule is COc1ccc(C(N)=O)cc1-c1ccnc2cc(-c3cc(OC)c(OC)c(OC)c3)oc12. The van der Waals surface area contributed by atoms with E-state index in [1.807, 2.05) is 6.07 Å². The number of aromatic nitrogens is 1. The molecule has 0 aliphatic rings. The average molecular weight is 434 g/mol. The van der Waals surface area contributed by atoms with Crippen molar-refractivity contribution in [1.82, 2.24) is 4.98 Å². The number of ether oxygens (including phenoxy) is 4. The number of primary amides is 1. The summed E-state index contributed by atoms with van der Waals surface area (Å²) in [7, 11) is 6.21. The molecule has 4 aromatic rings. The number of furan rings is 1. The van der Waals surface area contributed by atoms with E-state index in [1.54, 1.807) is 71.0 Å². The Balaban J connectivity index is 1.91. The quantitative estimate of drug-likeness (QED) is 0.462. The van der Waals surface area contributed by atoms with Crippen molar-refractivity contribution in [2.75, 3.05) is 28.4 Å². The smallest absolute Gasteiger partial charge is 0.248 e. The molecular weight excluding hydrogens is 412 g/mol. The summed E-state index contributed by atoms with van der Waals surface area (Å²) in [6.45, 7) is 0. The maximum atomic E-state index is 11.7. The molecule has 0 aliphatic carbocycles. The molecule has 32 heavy (non-hydrogen) atoms. The van der Waals surface area contributed by atoms with Crippen LogP contribution in [0.25, 0.3) is 33.6 Å². The van der Waals surface area contributed by atoms with E-state index in [9.17, 15) is 4.79 Å². The van der Waals surface area contributed by atoms with E-state index < -0.39 is 5.91 Å². The lowest BCUT2D eigenvalue weighted by Crippen LogP contribution is -2.10. The van der Waals surface area contributed by atoms with Crippen LogP contribution in [-0.2, 0) is 0 Å². The highest BCUT2D eigenvalue weighted by Gasteiger charge is 2.19. The number of benzene rings is 2. The highest BCUT2D eigenvalue weighted by atomic mass is 16.5. The van der Waals surface area contributed by atoms with E-state index in [-0.39, 0.29) is 0 Å². The summed E-state index contributed by atoms with van der Waals surface area (Å²) in [4.78, 5) is 16.2. The van der Waals surface area contributed by atoms with Crippen LogP contribution in [-0.4, -0.2) is 39.3 Å². The lowest BCUT2D eigenvalue weighted by Gasteiger charge is -2.13. The molecule has 2 aromatic carbocycles. The number of carbonyl (C=O) groups excluding carboxylic acids is 1. The third kappa shape index (κ3) is 3.56. The molecule has 1 amide bonds. The minimum absolute atomic E-state index is 0.363. The third-order valence-electron chi connectivity index (χ3n) is 5.14. The predicted octanol–water partition coefficient (Wildman–Crippen LogP) is 4.30. The van der Waals surface area contributed by atoms with Gasteiger partial charge in [0.1, 0.15) is 17.0 Å². The van der Waals surface area contributed by atoms with Crippen LogP contribution in [0.3, 0.4) is 0 Å². The van der Waals surface area contributed by atoms with Gasteiger partial charge in [-0.15, -0.1) is 0 Å². The molecule has 4 rings (SSSR count). The normalized spacial score (nSPS) is 10.8. The first kappa shape index (κ1) is 21.0. The summed E-state index contributed by atoms with van der Waals surface area (Å²) in [5.41, 5.74) is 9.12. The van der Waals surface area contributed by atoms with Crippen LogP contribution < -0.4 is 24.7 Å². The lowest BCUT2D eigenvalue weighted by atomic mass is 10.0. The second-order valence-corrected chi connectivity index (χ2v) is 6.88. The van der Waals surface area contributed by atoms with Gasteiger partial charge in [0, 0.05) is 34.5 Å². The highest BCUT2D eigenvalue weighted by molar-refractivity contribution is 5.98. The molecule has 8 heteroatoms. The number of rotatable bonds is 7. The maximum absolute atomic E-state index is 11.7. The minimum atomic E-state index is -0.531. The Morgan fingerprint density at radius 3 is 2.12 bits per heavy atom. The molecule has 164 valence electrons. The summed E-state index contributed by atoms with van der Waals surface area (Å²) < 4.78 is 28.0. The van der Waals surface area contributed by atoms with E-state index in [1.165, 1.54) is 0 Å². The van der Waals surface area contributed by atoms with Crippen LogP contribution in [0.2, 0.25) is 0 Å². The van der Waals surface area contributed by atoms with Gasteiger partial charge in [-0.2, -0.15) is 0 Å². The van der Waals surface area contributed by atoms with Gasteiger partial charge in [-0.25, -0.2) is 0 Å². The molecule has 2 aromatic heterocycles. The van der Waals surface area contributed by atoms with Gasteiger partial charge in [-0.05, 0) is 36.4 Å². The van der Waals surface area contributed by atoms with Crippen molar-refractivity contribution in [2.24, 2.45) is 5.73 Å². The van der Waals surface area contributed by atoms with Crippen molar-refractivity contribution in [3.8, 4) is 45.4 Å². The van der Waals surface area contributed by atoms with E-state index in [0.29, 0.717) is 56.5 Å². The number of hydrogen-bond donors (Lipinski definition) is 1. The lowest BCUT2D eigenvalue weighted by molar-refractivity contribution is 0.100. The van der Waals surface area contributed by atoms with E-state index in [0.717, 1.165) is 5.56 Å². The van der Waals surface area contributed by atoms with Crippen molar-refractivity contribution in [3.63, 3.8) is 0 Å². The van der Waals surface area contributed by atoms with Gasteiger partial charge < -0.3 is 29.1 Å². The summed E-state index contributed by atoms with van der Waals surface area (Å²) >= 11 is 0. The van der Waals surface area contributed by atoms with Crippen molar-refractivity contribution < 1.29 is 28.2 Å². The monoisotopic (exact) mass is 434 g/mol.